The average molecular weight is 313 g/mol. The summed E-state index contributed by atoms with van der Waals surface area (Å²) in [6.45, 7) is 1.87. The second-order valence-corrected chi connectivity index (χ2v) is 5.38. The molecule has 0 atom stereocenters. The highest BCUT2D eigenvalue weighted by atomic mass is 35.5. The van der Waals surface area contributed by atoms with Gasteiger partial charge in [0.05, 0.1) is 0 Å². The van der Waals surface area contributed by atoms with Crippen molar-refractivity contribution in [1.29, 1.82) is 5.41 Å². The molecule has 110 valence electrons. The van der Waals surface area contributed by atoms with Crippen molar-refractivity contribution in [3.63, 3.8) is 0 Å². The highest BCUT2D eigenvalue weighted by Crippen LogP contribution is 2.21. The Balaban J connectivity index is 2.00. The highest BCUT2D eigenvalue weighted by molar-refractivity contribution is 6.31. The molecular formula is C17H13ClN2O2. The maximum atomic E-state index is 12.4. The fourth-order valence-corrected chi connectivity index (χ4v) is 2.34. The lowest BCUT2D eigenvalue weighted by Crippen LogP contribution is -2.21. The van der Waals surface area contributed by atoms with Crippen molar-refractivity contribution in [2.24, 2.45) is 0 Å². The molecule has 0 radical (unpaired) electrons. The van der Waals surface area contributed by atoms with Gasteiger partial charge < -0.3 is 9.73 Å². The summed E-state index contributed by atoms with van der Waals surface area (Å²) in [5, 5.41) is 12.0. The summed E-state index contributed by atoms with van der Waals surface area (Å²) >= 11 is 5.95. The molecule has 3 rings (SSSR count). The lowest BCUT2D eigenvalue weighted by molar-refractivity contribution is 0.102. The first-order valence-corrected chi connectivity index (χ1v) is 7.07. The second kappa shape index (κ2) is 5.66. The molecule has 0 fully saturated rings. The predicted octanol–water partition coefficient (Wildman–Crippen LogP) is 4.13. The van der Waals surface area contributed by atoms with Crippen molar-refractivity contribution >= 4 is 34.2 Å². The minimum absolute atomic E-state index is 0.170. The van der Waals surface area contributed by atoms with Gasteiger partial charge in [-0.1, -0.05) is 35.9 Å². The molecule has 2 aromatic carbocycles. The Bertz CT molecular complexity index is 931. The monoisotopic (exact) mass is 312 g/mol. The number of amides is 1. The van der Waals surface area contributed by atoms with Crippen LogP contribution < -0.4 is 10.9 Å². The van der Waals surface area contributed by atoms with Crippen LogP contribution in [-0.2, 0) is 0 Å². The van der Waals surface area contributed by atoms with E-state index in [2.05, 4.69) is 5.32 Å². The minimum Gasteiger partial charge on any atom is -0.438 e. The minimum atomic E-state index is -0.398. The first kappa shape index (κ1) is 14.4. The van der Waals surface area contributed by atoms with Crippen LogP contribution in [0.2, 0.25) is 5.02 Å². The smallest absolute Gasteiger partial charge is 0.261 e. The van der Waals surface area contributed by atoms with E-state index in [-0.39, 0.29) is 11.1 Å². The molecule has 0 bridgehead atoms. The number of fused-ring (bicyclic) bond motifs is 1. The third-order valence-electron chi connectivity index (χ3n) is 3.37. The zero-order valence-corrected chi connectivity index (χ0v) is 12.6. The highest BCUT2D eigenvalue weighted by Gasteiger charge is 2.13. The molecule has 3 aromatic rings. The van der Waals surface area contributed by atoms with Gasteiger partial charge in [-0.3, -0.25) is 10.2 Å². The summed E-state index contributed by atoms with van der Waals surface area (Å²) in [7, 11) is 0. The number of para-hydroxylation sites is 1. The van der Waals surface area contributed by atoms with Gasteiger partial charge in [0, 0.05) is 16.1 Å². The molecule has 1 amide bonds. The van der Waals surface area contributed by atoms with Gasteiger partial charge in [0.1, 0.15) is 11.1 Å². The number of halogens is 1. The molecule has 2 N–H and O–H groups in total. The zero-order valence-electron chi connectivity index (χ0n) is 11.8. The van der Waals surface area contributed by atoms with E-state index in [4.69, 9.17) is 21.4 Å². The molecule has 0 saturated heterocycles. The quantitative estimate of drug-likeness (QED) is 0.747. The van der Waals surface area contributed by atoms with Crippen molar-refractivity contribution in [2.45, 2.75) is 6.92 Å². The molecular weight excluding hydrogens is 300 g/mol. The van der Waals surface area contributed by atoms with Crippen LogP contribution in [-0.4, -0.2) is 5.91 Å². The van der Waals surface area contributed by atoms with E-state index in [0.29, 0.717) is 16.3 Å². The van der Waals surface area contributed by atoms with Gasteiger partial charge in [-0.25, -0.2) is 0 Å². The van der Waals surface area contributed by atoms with Crippen LogP contribution in [0.4, 0.5) is 5.69 Å². The van der Waals surface area contributed by atoms with Crippen LogP contribution in [0.5, 0.6) is 0 Å². The number of carbonyl (C=O) groups is 1. The second-order valence-electron chi connectivity index (χ2n) is 4.94. The van der Waals surface area contributed by atoms with Crippen molar-refractivity contribution < 1.29 is 9.21 Å². The van der Waals surface area contributed by atoms with E-state index in [1.165, 1.54) is 0 Å². The van der Waals surface area contributed by atoms with E-state index in [0.717, 1.165) is 10.9 Å². The third-order valence-corrected chi connectivity index (χ3v) is 3.60. The average Bonchev–Trinajstić information content (AvgIpc) is 2.50. The summed E-state index contributed by atoms with van der Waals surface area (Å²) in [6.07, 6.45) is 0. The first-order chi connectivity index (χ1) is 10.5. The van der Waals surface area contributed by atoms with Crippen molar-refractivity contribution in [2.75, 3.05) is 5.32 Å². The molecule has 0 aliphatic carbocycles. The van der Waals surface area contributed by atoms with Crippen LogP contribution in [0.3, 0.4) is 0 Å². The normalized spacial score (nSPS) is 10.6. The third kappa shape index (κ3) is 2.73. The summed E-state index contributed by atoms with van der Waals surface area (Å²) in [5.74, 6) is -0.398. The number of rotatable bonds is 2. The summed E-state index contributed by atoms with van der Waals surface area (Å²) in [5.41, 5.74) is 2.09. The van der Waals surface area contributed by atoms with Crippen LogP contribution in [0, 0.1) is 12.3 Å². The Morgan fingerprint density at radius 2 is 1.95 bits per heavy atom. The van der Waals surface area contributed by atoms with Crippen LogP contribution in [0.15, 0.2) is 52.9 Å². The Morgan fingerprint density at radius 3 is 2.77 bits per heavy atom. The number of nitrogens with one attached hydrogen (secondary N) is 2. The lowest BCUT2D eigenvalue weighted by Gasteiger charge is -2.09. The lowest BCUT2D eigenvalue weighted by atomic mass is 10.1. The van der Waals surface area contributed by atoms with Gasteiger partial charge >= 0.3 is 0 Å². The van der Waals surface area contributed by atoms with E-state index >= 15 is 0 Å². The van der Waals surface area contributed by atoms with Crippen LogP contribution in [0.1, 0.15) is 15.9 Å². The van der Waals surface area contributed by atoms with Gasteiger partial charge in [-0.05, 0) is 36.8 Å². The Morgan fingerprint density at radius 1 is 1.18 bits per heavy atom. The van der Waals surface area contributed by atoms with Crippen LogP contribution >= 0.6 is 11.6 Å². The number of hydrogen-bond donors (Lipinski definition) is 2. The predicted molar refractivity (Wildman–Crippen MR) is 86.2 cm³/mol. The number of carbonyl (C=O) groups excluding carboxylic acids is 1. The zero-order chi connectivity index (χ0) is 15.7. The van der Waals surface area contributed by atoms with Crippen molar-refractivity contribution in [3.8, 4) is 0 Å². The summed E-state index contributed by atoms with van der Waals surface area (Å²) in [4.78, 5) is 12.4. The fraction of sp³-hybridized carbons (Fsp3) is 0.0588. The van der Waals surface area contributed by atoms with E-state index in [9.17, 15) is 4.79 Å². The SMILES string of the molecule is Cc1ccc(Cl)cc1NC(=O)c1cc2ccccc2oc1=N. The molecule has 5 heteroatoms. The molecule has 0 aliphatic rings. The largest absolute Gasteiger partial charge is 0.438 e. The molecule has 0 saturated carbocycles. The van der Waals surface area contributed by atoms with Crippen LogP contribution in [0.25, 0.3) is 11.0 Å². The van der Waals surface area contributed by atoms with Crippen molar-refractivity contribution in [1.82, 2.24) is 0 Å². The number of hydrogen-bond acceptors (Lipinski definition) is 3. The van der Waals surface area contributed by atoms with E-state index in [1.54, 1.807) is 24.3 Å². The summed E-state index contributed by atoms with van der Waals surface area (Å²) < 4.78 is 5.39. The summed E-state index contributed by atoms with van der Waals surface area (Å²) in [6, 6.07) is 14.2. The first-order valence-electron chi connectivity index (χ1n) is 6.69. The van der Waals surface area contributed by atoms with E-state index < -0.39 is 5.91 Å². The standard InChI is InChI=1S/C17H13ClN2O2/c1-10-6-7-12(18)9-14(10)20-17(21)13-8-11-4-2-3-5-15(11)22-16(13)19/h2-9,19H,1H3,(H,20,21). The fourth-order valence-electron chi connectivity index (χ4n) is 2.17. The van der Waals surface area contributed by atoms with E-state index in [1.807, 2.05) is 31.2 Å². The number of anilines is 1. The Hall–Kier alpha value is -2.59. The topological polar surface area (TPSA) is 66.1 Å². The van der Waals surface area contributed by atoms with Gasteiger partial charge in [0.15, 0.2) is 0 Å². The molecule has 1 aromatic heterocycles. The molecule has 0 spiro atoms. The molecule has 4 nitrogen and oxygen atoms in total. The molecule has 1 heterocycles. The van der Waals surface area contributed by atoms with Gasteiger partial charge in [-0.15, -0.1) is 0 Å². The van der Waals surface area contributed by atoms with Gasteiger partial charge in [0.25, 0.3) is 5.91 Å². The number of aryl methyl sites for hydroxylation is 1. The molecule has 22 heavy (non-hydrogen) atoms. The Labute approximate surface area is 131 Å². The van der Waals surface area contributed by atoms with Crippen molar-refractivity contribution in [3.05, 3.63) is 70.2 Å². The Kier molecular flexibility index (Phi) is 3.69. The number of benzene rings is 2. The van der Waals surface area contributed by atoms with Gasteiger partial charge in [0.2, 0.25) is 5.55 Å². The molecule has 0 unspecified atom stereocenters. The molecule has 0 aliphatic heterocycles. The maximum absolute atomic E-state index is 12.4. The van der Waals surface area contributed by atoms with Gasteiger partial charge in [-0.2, -0.15) is 0 Å². The maximum Gasteiger partial charge on any atom is 0.261 e.